The number of aromatic nitrogens is 1. The maximum atomic E-state index is 12.4. The van der Waals surface area contributed by atoms with Crippen molar-refractivity contribution in [2.45, 2.75) is 57.9 Å². The summed E-state index contributed by atoms with van der Waals surface area (Å²) in [6.45, 7) is 4.80. The zero-order valence-corrected chi connectivity index (χ0v) is 13.9. The fourth-order valence-electron chi connectivity index (χ4n) is 2.63. The first kappa shape index (κ1) is 16.7. The summed E-state index contributed by atoms with van der Waals surface area (Å²) < 4.78 is 0. The lowest BCUT2D eigenvalue weighted by molar-refractivity contribution is -0.137. The van der Waals surface area contributed by atoms with Crippen molar-refractivity contribution >= 4 is 28.5 Å². The van der Waals surface area contributed by atoms with Crippen LogP contribution in [0.1, 0.15) is 57.6 Å². The van der Waals surface area contributed by atoms with E-state index in [0.717, 1.165) is 25.0 Å². The highest BCUT2D eigenvalue weighted by Gasteiger charge is 2.27. The lowest BCUT2D eigenvalue weighted by Crippen LogP contribution is -2.46. The molecule has 22 heavy (non-hydrogen) atoms. The van der Waals surface area contributed by atoms with E-state index in [9.17, 15) is 9.59 Å². The molecule has 0 aliphatic carbocycles. The van der Waals surface area contributed by atoms with Gasteiger partial charge in [-0.15, -0.1) is 11.3 Å². The molecule has 0 bridgehead atoms. The number of urea groups is 1. The van der Waals surface area contributed by atoms with Gasteiger partial charge in [-0.2, -0.15) is 0 Å². The average molecular weight is 325 g/mol. The smallest absolute Gasteiger partial charge is 0.323 e. The van der Waals surface area contributed by atoms with Gasteiger partial charge in [0, 0.05) is 24.4 Å². The fourth-order valence-corrected chi connectivity index (χ4v) is 3.49. The molecule has 122 valence electrons. The Morgan fingerprint density at radius 3 is 2.91 bits per heavy atom. The van der Waals surface area contributed by atoms with Gasteiger partial charge < -0.3 is 10.0 Å². The number of nitrogens with one attached hydrogen (secondary N) is 1. The molecule has 0 radical (unpaired) electrons. The first-order valence-electron chi connectivity index (χ1n) is 7.72. The topological polar surface area (TPSA) is 82.5 Å². The summed E-state index contributed by atoms with van der Waals surface area (Å²) in [4.78, 5) is 29.4. The second kappa shape index (κ2) is 7.58. The van der Waals surface area contributed by atoms with Crippen LogP contribution in [0.2, 0.25) is 0 Å². The predicted octanol–water partition coefficient (Wildman–Crippen LogP) is 3.52. The van der Waals surface area contributed by atoms with E-state index in [2.05, 4.69) is 24.1 Å². The minimum absolute atomic E-state index is 0.00869. The summed E-state index contributed by atoms with van der Waals surface area (Å²) in [6.07, 6.45) is 3.49. The van der Waals surface area contributed by atoms with Gasteiger partial charge in [-0.05, 0) is 31.6 Å². The monoisotopic (exact) mass is 325 g/mol. The van der Waals surface area contributed by atoms with Gasteiger partial charge in [0.2, 0.25) is 0 Å². The third kappa shape index (κ3) is 4.43. The van der Waals surface area contributed by atoms with Crippen LogP contribution in [0.25, 0.3) is 0 Å². The van der Waals surface area contributed by atoms with Crippen LogP contribution in [0.15, 0.2) is 5.38 Å². The minimum Gasteiger partial charge on any atom is -0.481 e. The third-order valence-corrected chi connectivity index (χ3v) is 4.68. The van der Waals surface area contributed by atoms with Crippen molar-refractivity contribution in [3.05, 3.63) is 11.1 Å². The SMILES string of the molecule is CC(C)c1csc(NC(=O)N2CCCCC2CCC(=O)O)n1. The first-order chi connectivity index (χ1) is 10.5. The van der Waals surface area contributed by atoms with Gasteiger partial charge in [-0.25, -0.2) is 9.78 Å². The van der Waals surface area contributed by atoms with Gasteiger partial charge in [-0.3, -0.25) is 10.1 Å². The Balaban J connectivity index is 1.97. The normalized spacial score (nSPS) is 18.5. The largest absolute Gasteiger partial charge is 0.481 e. The van der Waals surface area contributed by atoms with Crippen molar-refractivity contribution in [2.75, 3.05) is 11.9 Å². The summed E-state index contributed by atoms with van der Waals surface area (Å²) in [6, 6.07) is -0.158. The zero-order valence-electron chi connectivity index (χ0n) is 13.0. The minimum atomic E-state index is -0.813. The molecule has 1 aliphatic rings. The van der Waals surface area contributed by atoms with Crippen molar-refractivity contribution < 1.29 is 14.7 Å². The van der Waals surface area contributed by atoms with E-state index in [1.165, 1.54) is 11.3 Å². The van der Waals surface area contributed by atoms with Crippen LogP contribution in [0.3, 0.4) is 0 Å². The molecular weight excluding hydrogens is 302 g/mol. The van der Waals surface area contributed by atoms with E-state index in [4.69, 9.17) is 5.11 Å². The highest BCUT2D eigenvalue weighted by molar-refractivity contribution is 7.13. The highest BCUT2D eigenvalue weighted by Crippen LogP contribution is 2.24. The lowest BCUT2D eigenvalue weighted by atomic mass is 9.98. The summed E-state index contributed by atoms with van der Waals surface area (Å²) in [5.41, 5.74) is 0.973. The van der Waals surface area contributed by atoms with Crippen LogP contribution < -0.4 is 5.32 Å². The number of rotatable bonds is 5. The van der Waals surface area contributed by atoms with E-state index >= 15 is 0 Å². The number of carboxylic acids is 1. The van der Waals surface area contributed by atoms with E-state index < -0.39 is 5.97 Å². The number of anilines is 1. The quantitative estimate of drug-likeness (QED) is 0.867. The number of carbonyl (C=O) groups excluding carboxylic acids is 1. The van der Waals surface area contributed by atoms with Crippen LogP contribution in [0.4, 0.5) is 9.93 Å². The van der Waals surface area contributed by atoms with Crippen molar-refractivity contribution in [2.24, 2.45) is 0 Å². The molecular formula is C15H23N3O3S. The Labute approximate surface area is 134 Å². The second-order valence-corrected chi connectivity index (χ2v) is 6.80. The molecule has 2 heterocycles. The number of nitrogens with zero attached hydrogens (tertiary/aromatic N) is 2. The van der Waals surface area contributed by atoms with Gasteiger partial charge in [0.1, 0.15) is 0 Å². The Kier molecular flexibility index (Phi) is 5.76. The fraction of sp³-hybridized carbons (Fsp3) is 0.667. The molecule has 1 saturated heterocycles. The predicted molar refractivity (Wildman–Crippen MR) is 86.4 cm³/mol. The summed E-state index contributed by atoms with van der Waals surface area (Å²) >= 11 is 1.43. The van der Waals surface area contributed by atoms with Crippen LogP contribution >= 0.6 is 11.3 Å². The number of amides is 2. The molecule has 2 amide bonds. The van der Waals surface area contributed by atoms with Crippen molar-refractivity contribution in [1.82, 2.24) is 9.88 Å². The lowest BCUT2D eigenvalue weighted by Gasteiger charge is -2.35. The standard InChI is InChI=1S/C15H23N3O3S/c1-10(2)12-9-22-14(16-12)17-15(21)18-8-4-3-5-11(18)6-7-13(19)20/h9-11H,3-8H2,1-2H3,(H,19,20)(H,16,17,21). The van der Waals surface area contributed by atoms with Crippen LogP contribution in [-0.4, -0.2) is 39.6 Å². The van der Waals surface area contributed by atoms with Gasteiger partial charge in [-0.1, -0.05) is 13.8 Å². The number of hydrogen-bond donors (Lipinski definition) is 2. The number of thiazole rings is 1. The molecule has 1 aromatic heterocycles. The Bertz CT molecular complexity index is 530. The molecule has 1 aliphatic heterocycles. The molecule has 2 rings (SSSR count). The second-order valence-electron chi connectivity index (χ2n) is 5.94. The first-order valence-corrected chi connectivity index (χ1v) is 8.60. The molecule has 7 heteroatoms. The highest BCUT2D eigenvalue weighted by atomic mass is 32.1. The maximum absolute atomic E-state index is 12.4. The maximum Gasteiger partial charge on any atom is 0.323 e. The van der Waals surface area contributed by atoms with Gasteiger partial charge >= 0.3 is 12.0 Å². The number of hydrogen-bond acceptors (Lipinski definition) is 4. The molecule has 0 aromatic carbocycles. The van der Waals surface area contributed by atoms with Crippen molar-refractivity contribution in [3.8, 4) is 0 Å². The van der Waals surface area contributed by atoms with Crippen LogP contribution in [0, 0.1) is 0 Å². The number of piperidine rings is 1. The van der Waals surface area contributed by atoms with E-state index in [-0.39, 0.29) is 18.5 Å². The Morgan fingerprint density at radius 2 is 2.27 bits per heavy atom. The van der Waals surface area contributed by atoms with E-state index in [1.54, 1.807) is 4.90 Å². The van der Waals surface area contributed by atoms with Crippen LogP contribution in [0.5, 0.6) is 0 Å². The third-order valence-electron chi connectivity index (χ3n) is 3.91. The molecule has 1 fully saturated rings. The van der Waals surface area contributed by atoms with Crippen LogP contribution in [-0.2, 0) is 4.79 Å². The summed E-state index contributed by atoms with van der Waals surface area (Å²) in [5.74, 6) is -0.479. The number of carboxylic acid groups (broad SMARTS) is 1. The molecule has 2 N–H and O–H groups in total. The Hall–Kier alpha value is -1.63. The molecule has 1 unspecified atom stereocenters. The summed E-state index contributed by atoms with van der Waals surface area (Å²) in [7, 11) is 0. The van der Waals surface area contributed by atoms with Crippen molar-refractivity contribution in [3.63, 3.8) is 0 Å². The van der Waals surface area contributed by atoms with Gasteiger partial charge in [0.15, 0.2) is 5.13 Å². The zero-order chi connectivity index (χ0) is 16.1. The molecule has 1 atom stereocenters. The van der Waals surface area contributed by atoms with Crippen molar-refractivity contribution in [1.29, 1.82) is 0 Å². The number of carbonyl (C=O) groups is 2. The number of likely N-dealkylation sites (tertiary alicyclic amines) is 1. The van der Waals surface area contributed by atoms with Gasteiger partial charge in [0.05, 0.1) is 5.69 Å². The van der Waals surface area contributed by atoms with E-state index in [1.807, 2.05) is 5.38 Å². The molecule has 1 aromatic rings. The molecule has 0 spiro atoms. The van der Waals surface area contributed by atoms with Gasteiger partial charge in [0.25, 0.3) is 0 Å². The molecule has 0 saturated carbocycles. The number of aliphatic carboxylic acids is 1. The molecule has 6 nitrogen and oxygen atoms in total. The average Bonchev–Trinajstić information content (AvgIpc) is 2.94. The Morgan fingerprint density at radius 1 is 1.50 bits per heavy atom. The van der Waals surface area contributed by atoms with E-state index in [0.29, 0.717) is 24.0 Å². The summed E-state index contributed by atoms with van der Waals surface area (Å²) in [5, 5.41) is 14.2.